The van der Waals surface area contributed by atoms with Crippen molar-refractivity contribution in [1.29, 1.82) is 0 Å². The van der Waals surface area contributed by atoms with Crippen LogP contribution in [0, 0.1) is 5.92 Å². The summed E-state index contributed by atoms with van der Waals surface area (Å²) in [6.07, 6.45) is -8.37. The zero-order chi connectivity index (χ0) is 55.2. The number of nitrogens with zero attached hydrogens (tertiary/aromatic N) is 3. The number of carbonyl (C=O) groups excluding carboxylic acids is 5. The van der Waals surface area contributed by atoms with Gasteiger partial charge in [0.15, 0.2) is 23.7 Å². The summed E-state index contributed by atoms with van der Waals surface area (Å²) >= 11 is 0. The summed E-state index contributed by atoms with van der Waals surface area (Å²) in [7, 11) is -2.48. The van der Waals surface area contributed by atoms with E-state index in [-0.39, 0.29) is 60.4 Å². The van der Waals surface area contributed by atoms with Crippen LogP contribution in [0.25, 0.3) is 10.4 Å². The topological polar surface area (TPSA) is 341 Å². The summed E-state index contributed by atoms with van der Waals surface area (Å²) < 4.78 is 130. The lowest BCUT2D eigenvalue weighted by molar-refractivity contribution is -0.288. The highest BCUT2D eigenvalue weighted by molar-refractivity contribution is 8.13. The molecule has 1 amide bonds. The van der Waals surface area contributed by atoms with E-state index in [1.807, 2.05) is 0 Å². The van der Waals surface area contributed by atoms with Crippen molar-refractivity contribution in [3.8, 4) is 23.0 Å². The maximum atomic E-state index is 13.7. The first-order valence-electron chi connectivity index (χ1n) is 21.8. The molecule has 0 radical (unpaired) electrons. The maximum absolute atomic E-state index is 13.7. The van der Waals surface area contributed by atoms with Crippen molar-refractivity contribution in [1.82, 2.24) is 5.32 Å². The van der Waals surface area contributed by atoms with E-state index < -0.39 is 124 Å². The number of hydrogen-bond donors (Lipinski definition) is 1. The van der Waals surface area contributed by atoms with E-state index in [9.17, 15) is 49.2 Å². The summed E-state index contributed by atoms with van der Waals surface area (Å²) in [4.78, 5) is 65.4. The average Bonchev–Trinajstić information content (AvgIpc) is 3.27. The van der Waals surface area contributed by atoms with Crippen molar-refractivity contribution in [2.75, 3.05) is 26.3 Å². The Kier molecular flexibility index (Phi) is 21.5. The van der Waals surface area contributed by atoms with Crippen LogP contribution in [-0.2, 0) is 94.2 Å². The zero-order valence-electron chi connectivity index (χ0n) is 40.6. The van der Waals surface area contributed by atoms with Crippen molar-refractivity contribution in [2.45, 2.75) is 103 Å². The van der Waals surface area contributed by atoms with E-state index in [0.29, 0.717) is 5.56 Å². The molecule has 0 spiro atoms. The highest BCUT2D eigenvalue weighted by atomic mass is 35.7. The van der Waals surface area contributed by atoms with Gasteiger partial charge in [-0.05, 0) is 78.9 Å². The number of rotatable bonds is 26. The highest BCUT2D eigenvalue weighted by Crippen LogP contribution is 2.36. The Labute approximate surface area is 435 Å². The van der Waals surface area contributed by atoms with E-state index in [0.717, 1.165) is 39.8 Å². The Balaban J connectivity index is 1.67. The van der Waals surface area contributed by atoms with Gasteiger partial charge >= 0.3 is 34.3 Å². The Morgan fingerprint density at radius 1 is 0.757 bits per heavy atom. The van der Waals surface area contributed by atoms with Gasteiger partial charge in [-0.15, -0.1) is 8.42 Å². The third-order valence-electron chi connectivity index (χ3n) is 9.78. The Bertz CT molecular complexity index is 2920. The molecule has 3 aromatic carbocycles. The second-order valence-electron chi connectivity index (χ2n) is 16.9. The molecule has 406 valence electrons. The van der Waals surface area contributed by atoms with Crippen LogP contribution in [0.2, 0.25) is 0 Å². The molecular weight excluding hydrogens is 1090 g/mol. The van der Waals surface area contributed by atoms with Gasteiger partial charge in [-0.2, -0.15) is 0 Å². The first kappa shape index (κ1) is 60.4. The fourth-order valence-corrected chi connectivity index (χ4v) is 9.31. The summed E-state index contributed by atoms with van der Waals surface area (Å²) in [5.74, 6) is -7.46. The minimum Gasteiger partial charge on any atom is -0.489 e. The maximum Gasteiger partial charge on any atom is 0.501 e. The fraction of sp³-hybridized carbons (Fsp3) is 0.477. The molecule has 4 rings (SSSR count). The minimum atomic E-state index is -5.19. The fourth-order valence-electron chi connectivity index (χ4n) is 6.67. The third-order valence-corrected chi connectivity index (χ3v) is 12.6. The van der Waals surface area contributed by atoms with Crippen LogP contribution in [0.15, 0.2) is 65.8 Å². The molecule has 1 unspecified atom stereocenters. The molecule has 0 aliphatic carbocycles. The Morgan fingerprint density at radius 2 is 1.35 bits per heavy atom. The van der Waals surface area contributed by atoms with Crippen LogP contribution < -0.4 is 23.2 Å². The summed E-state index contributed by atoms with van der Waals surface area (Å²) in [6, 6.07) is 12.4. The molecule has 1 fully saturated rings. The largest absolute Gasteiger partial charge is 0.501 e. The molecule has 1 N–H and O–H groups in total. The SMILES string of the molecule is CC(=O)OC[C@@H]1O[C@H](Oc2ccc(C(=O)NCC(C)COC(C)(C)CN=[N+]=[N-])cc2OS(=O)(=O)Oc2ccc(COc3ccc(CS(=O)(=O)Cl)cc3CS(=O)(=O)Cl)cc2)[C@@H](OC(C)=O)[C@H](OC(C)=O)[C@@H]1OC(C)=O. The van der Waals surface area contributed by atoms with E-state index in [1.165, 1.54) is 48.5 Å². The standard InChI is InChI=1S/C44H52Cl2N4O21S3/c1-25(19-64-44(6,7)24-49-50-47)18-48-42(55)32-11-15-36(68-43-41(67-29(5)54)40(66-28(4)53)39(65-27(3)52)38(69-43)21-62-26(2)51)37(17-32)71-74(60,61)70-34-12-8-30(9-13-34)20-63-35-14-10-31(22-72(45,56)57)16-33(35)23-73(46,58)59/h8-17,25,38-41,43H,18-24H2,1-7H3,(H,48,55)/t25?,38-,39+,40+,41-,43-/m0/s1. The number of halogens is 2. The van der Waals surface area contributed by atoms with Gasteiger partial charge in [0.2, 0.25) is 30.5 Å². The second-order valence-corrected chi connectivity index (χ2v) is 23.6. The number of amides is 1. The smallest absolute Gasteiger partial charge is 0.489 e. The van der Waals surface area contributed by atoms with Crippen LogP contribution in [0.3, 0.4) is 0 Å². The number of benzene rings is 3. The molecule has 30 heteroatoms. The van der Waals surface area contributed by atoms with Crippen molar-refractivity contribution in [3.63, 3.8) is 0 Å². The van der Waals surface area contributed by atoms with E-state index >= 15 is 0 Å². The van der Waals surface area contributed by atoms with Crippen molar-refractivity contribution in [2.24, 2.45) is 11.0 Å². The molecule has 0 bridgehead atoms. The van der Waals surface area contributed by atoms with Gasteiger partial charge in [0.1, 0.15) is 30.8 Å². The molecular formula is C44H52Cl2N4O21S3. The highest BCUT2D eigenvalue weighted by Gasteiger charge is 2.53. The van der Waals surface area contributed by atoms with Crippen LogP contribution in [0.4, 0.5) is 0 Å². The predicted molar refractivity (Wildman–Crippen MR) is 259 cm³/mol. The van der Waals surface area contributed by atoms with Gasteiger partial charge in [-0.1, -0.05) is 30.2 Å². The molecule has 1 heterocycles. The molecule has 3 aromatic rings. The van der Waals surface area contributed by atoms with Gasteiger partial charge in [0, 0.05) is 71.6 Å². The summed E-state index contributed by atoms with van der Waals surface area (Å²) in [5, 5.41) is 6.23. The van der Waals surface area contributed by atoms with E-state index in [4.69, 9.17) is 73.2 Å². The Hall–Kier alpha value is -6.13. The van der Waals surface area contributed by atoms with Crippen LogP contribution in [-0.4, -0.2) is 118 Å². The monoisotopic (exact) mass is 1140 g/mol. The quantitative estimate of drug-likeness (QED) is 0.0275. The lowest BCUT2D eigenvalue weighted by atomic mass is 9.98. The number of hydrogen-bond acceptors (Lipinski definition) is 22. The lowest BCUT2D eigenvalue weighted by Crippen LogP contribution is -2.63. The first-order valence-corrected chi connectivity index (χ1v) is 28.1. The van der Waals surface area contributed by atoms with E-state index in [1.54, 1.807) is 20.8 Å². The summed E-state index contributed by atoms with van der Waals surface area (Å²) in [6.45, 7) is 8.66. The minimum absolute atomic E-state index is 0.0312. The Morgan fingerprint density at radius 3 is 1.95 bits per heavy atom. The average molecular weight is 1140 g/mol. The number of ether oxygens (including phenoxy) is 8. The second kappa shape index (κ2) is 26.4. The normalized spacial score (nSPS) is 18.3. The molecule has 0 aromatic heterocycles. The van der Waals surface area contributed by atoms with Gasteiger partial charge < -0.3 is 51.6 Å². The van der Waals surface area contributed by atoms with Gasteiger partial charge in [-0.25, -0.2) is 16.8 Å². The predicted octanol–water partition coefficient (Wildman–Crippen LogP) is 5.04. The third kappa shape index (κ3) is 20.6. The van der Waals surface area contributed by atoms with Gasteiger partial charge in [0.25, 0.3) is 5.91 Å². The summed E-state index contributed by atoms with van der Waals surface area (Å²) in [5.41, 5.74) is 8.28. The van der Waals surface area contributed by atoms with Gasteiger partial charge in [-0.3, -0.25) is 24.0 Å². The molecule has 1 aliphatic rings. The molecule has 0 saturated carbocycles. The number of carbonyl (C=O) groups is 5. The first-order chi connectivity index (χ1) is 34.4. The molecule has 74 heavy (non-hydrogen) atoms. The number of esters is 4. The lowest BCUT2D eigenvalue weighted by Gasteiger charge is -2.43. The molecule has 6 atom stereocenters. The van der Waals surface area contributed by atoms with Crippen molar-refractivity contribution >= 4 is 79.6 Å². The molecule has 1 saturated heterocycles. The number of nitrogens with one attached hydrogen (secondary N) is 1. The van der Waals surface area contributed by atoms with Crippen molar-refractivity contribution < 1.29 is 95.5 Å². The molecule has 1 aliphatic heterocycles. The van der Waals surface area contributed by atoms with Crippen molar-refractivity contribution in [3.05, 3.63) is 93.4 Å². The van der Waals surface area contributed by atoms with Crippen LogP contribution >= 0.6 is 21.4 Å². The zero-order valence-corrected chi connectivity index (χ0v) is 44.5. The number of azide groups is 1. The van der Waals surface area contributed by atoms with Gasteiger partial charge in [0.05, 0.1) is 30.3 Å². The van der Waals surface area contributed by atoms with Crippen LogP contribution in [0.5, 0.6) is 23.0 Å². The molecule has 25 nitrogen and oxygen atoms in total. The van der Waals surface area contributed by atoms with Crippen LogP contribution in [0.1, 0.15) is 75.5 Å². The van der Waals surface area contributed by atoms with E-state index in [2.05, 4.69) is 15.3 Å².